The topological polar surface area (TPSA) is 19.4 Å². The Morgan fingerprint density at radius 1 is 0.568 bits per heavy atom. The molecule has 3 saturated heterocycles. The zero-order valence-corrected chi connectivity index (χ0v) is 26.2. The molecule has 3 fully saturated rings. The van der Waals surface area contributed by atoms with E-state index in [1.165, 1.54) is 110 Å². The van der Waals surface area contributed by atoms with Crippen LogP contribution >= 0.6 is 0 Å². The van der Waals surface area contributed by atoms with Crippen LogP contribution in [0.2, 0.25) is 0 Å². The van der Waals surface area contributed by atoms with Gasteiger partial charge >= 0.3 is 0 Å². The summed E-state index contributed by atoms with van der Waals surface area (Å²) in [5, 5.41) is 0. The van der Waals surface area contributed by atoms with E-state index < -0.39 is 0 Å². The van der Waals surface area contributed by atoms with Gasteiger partial charge in [0.05, 0.1) is 0 Å². The minimum atomic E-state index is 0.659. The Bertz CT molecular complexity index is 629. The smallest absolute Gasteiger partial charge is 0.0115 e. The predicted octanol–water partition coefficient (Wildman–Crippen LogP) is 4.16. The fourth-order valence-electron chi connectivity index (χ4n) is 7.26. The van der Waals surface area contributed by atoms with Crippen molar-refractivity contribution in [2.24, 2.45) is 0 Å². The standard InChI is InChI=1S/C31H64N6/c1-26(2)36-25-23-35(19-14-30(36)6)28(4)12-13-31-15-18-33(8)21-24-37(31)29(5)11-10-27(3)34-17-9-16-32(7)20-22-34/h26-31H,9-25H2,1-8H3/t27?,28?,29?,30-,31-/m0/s1. The van der Waals surface area contributed by atoms with Gasteiger partial charge in [-0.15, -0.1) is 0 Å². The number of likely N-dealkylation sites (N-methyl/N-ethyl adjacent to an activating group) is 2. The maximum Gasteiger partial charge on any atom is 0.0115 e. The Kier molecular flexibility index (Phi) is 13.1. The van der Waals surface area contributed by atoms with Crippen molar-refractivity contribution in [3.63, 3.8) is 0 Å². The van der Waals surface area contributed by atoms with Crippen molar-refractivity contribution in [1.82, 2.24) is 29.4 Å². The van der Waals surface area contributed by atoms with Crippen LogP contribution in [0.3, 0.4) is 0 Å². The first-order valence-corrected chi connectivity index (χ1v) is 16.0. The van der Waals surface area contributed by atoms with Gasteiger partial charge in [-0.3, -0.25) is 19.6 Å². The summed E-state index contributed by atoms with van der Waals surface area (Å²) in [6, 6.07) is 4.19. The van der Waals surface area contributed by atoms with Crippen LogP contribution in [0.4, 0.5) is 0 Å². The highest BCUT2D eigenvalue weighted by Crippen LogP contribution is 2.24. The third-order valence-corrected chi connectivity index (χ3v) is 10.2. The van der Waals surface area contributed by atoms with Crippen LogP contribution in [-0.2, 0) is 0 Å². The van der Waals surface area contributed by atoms with Gasteiger partial charge in [0, 0.05) is 75.5 Å². The number of rotatable bonds is 10. The first-order valence-electron chi connectivity index (χ1n) is 16.0. The van der Waals surface area contributed by atoms with Crippen molar-refractivity contribution < 1.29 is 0 Å². The number of hydrogen-bond donors (Lipinski definition) is 0. The summed E-state index contributed by atoms with van der Waals surface area (Å²) < 4.78 is 0. The third kappa shape index (κ3) is 9.72. The van der Waals surface area contributed by atoms with Crippen LogP contribution in [0, 0.1) is 0 Å². The molecule has 0 aromatic rings. The zero-order valence-electron chi connectivity index (χ0n) is 26.2. The third-order valence-electron chi connectivity index (χ3n) is 10.2. The van der Waals surface area contributed by atoms with E-state index in [0.717, 1.165) is 6.04 Å². The highest BCUT2D eigenvalue weighted by atomic mass is 15.3. The molecule has 3 rings (SSSR count). The summed E-state index contributed by atoms with van der Waals surface area (Å²) in [4.78, 5) is 16.3. The van der Waals surface area contributed by atoms with Crippen molar-refractivity contribution in [3.05, 3.63) is 0 Å². The molecule has 5 atom stereocenters. The highest BCUT2D eigenvalue weighted by Gasteiger charge is 2.30. The van der Waals surface area contributed by atoms with Crippen LogP contribution < -0.4 is 0 Å². The van der Waals surface area contributed by atoms with Crippen LogP contribution in [0.15, 0.2) is 0 Å². The van der Waals surface area contributed by atoms with Crippen LogP contribution in [0.1, 0.15) is 86.5 Å². The summed E-state index contributed by atoms with van der Waals surface area (Å²) in [5.41, 5.74) is 0. The predicted molar refractivity (Wildman–Crippen MR) is 161 cm³/mol. The van der Waals surface area contributed by atoms with E-state index in [2.05, 4.69) is 85.0 Å². The quantitative estimate of drug-likeness (QED) is 0.428. The molecule has 0 aromatic carbocycles. The van der Waals surface area contributed by atoms with Crippen molar-refractivity contribution in [3.8, 4) is 0 Å². The second-order valence-electron chi connectivity index (χ2n) is 13.4. The van der Waals surface area contributed by atoms with Crippen molar-refractivity contribution >= 4 is 0 Å². The monoisotopic (exact) mass is 521 g/mol. The number of nitrogens with zero attached hydrogens (tertiary/aromatic N) is 6. The first-order chi connectivity index (χ1) is 17.7. The number of hydrogen-bond acceptors (Lipinski definition) is 6. The zero-order chi connectivity index (χ0) is 26.9. The summed E-state index contributed by atoms with van der Waals surface area (Å²) in [6.45, 7) is 27.1. The summed E-state index contributed by atoms with van der Waals surface area (Å²) in [5.74, 6) is 0. The van der Waals surface area contributed by atoms with Gasteiger partial charge in [0.25, 0.3) is 0 Å². The summed E-state index contributed by atoms with van der Waals surface area (Å²) in [6.07, 6.45) is 9.32. The van der Waals surface area contributed by atoms with Crippen molar-refractivity contribution in [2.45, 2.75) is 123 Å². The molecule has 0 N–H and O–H groups in total. The van der Waals surface area contributed by atoms with Gasteiger partial charge in [-0.05, 0) is 127 Å². The molecule has 218 valence electrons. The highest BCUT2D eigenvalue weighted by molar-refractivity contribution is 4.86. The van der Waals surface area contributed by atoms with Crippen molar-refractivity contribution in [2.75, 3.05) is 79.5 Å². The molecule has 0 bridgehead atoms. The maximum atomic E-state index is 2.92. The lowest BCUT2D eigenvalue weighted by atomic mass is 9.98. The van der Waals surface area contributed by atoms with Gasteiger partial charge in [0.1, 0.15) is 0 Å². The van der Waals surface area contributed by atoms with Crippen LogP contribution in [0.25, 0.3) is 0 Å². The molecule has 0 saturated carbocycles. The fraction of sp³-hybridized carbons (Fsp3) is 1.00. The lowest BCUT2D eigenvalue weighted by Crippen LogP contribution is -2.45. The molecular formula is C31H64N6. The second-order valence-corrected chi connectivity index (χ2v) is 13.4. The van der Waals surface area contributed by atoms with Crippen molar-refractivity contribution in [1.29, 1.82) is 0 Å². The molecular weight excluding hydrogens is 456 g/mol. The van der Waals surface area contributed by atoms with E-state index in [-0.39, 0.29) is 0 Å². The van der Waals surface area contributed by atoms with Crippen LogP contribution in [0.5, 0.6) is 0 Å². The van der Waals surface area contributed by atoms with Crippen LogP contribution in [-0.4, -0.2) is 145 Å². The molecule has 3 aliphatic rings. The van der Waals surface area contributed by atoms with Gasteiger partial charge in [-0.1, -0.05) is 0 Å². The molecule has 6 heteroatoms. The van der Waals surface area contributed by atoms with Gasteiger partial charge in [0.2, 0.25) is 0 Å². The SMILES string of the molecule is CC(CCC(C)N1CCN(C)CC[C@@H]1CCC(C)N1CC[C@H](C)N(C(C)C)CC1)N1CCCN(C)CC1. The van der Waals surface area contributed by atoms with E-state index in [0.29, 0.717) is 30.2 Å². The molecule has 0 amide bonds. The molecule has 3 unspecified atom stereocenters. The average Bonchev–Trinajstić information content (AvgIpc) is 3.29. The minimum Gasteiger partial charge on any atom is -0.305 e. The molecule has 0 radical (unpaired) electrons. The van der Waals surface area contributed by atoms with E-state index in [9.17, 15) is 0 Å². The van der Waals surface area contributed by atoms with E-state index in [1.54, 1.807) is 0 Å². The average molecular weight is 521 g/mol. The minimum absolute atomic E-state index is 0.659. The van der Waals surface area contributed by atoms with E-state index in [4.69, 9.17) is 0 Å². The Hall–Kier alpha value is -0.240. The van der Waals surface area contributed by atoms with Gasteiger partial charge in [-0.2, -0.15) is 0 Å². The van der Waals surface area contributed by atoms with E-state index >= 15 is 0 Å². The maximum absolute atomic E-state index is 2.92. The fourth-order valence-corrected chi connectivity index (χ4v) is 7.26. The van der Waals surface area contributed by atoms with E-state index in [1.807, 2.05) is 0 Å². The molecule has 0 spiro atoms. The Morgan fingerprint density at radius 3 is 1.92 bits per heavy atom. The lowest BCUT2D eigenvalue weighted by molar-refractivity contribution is 0.111. The largest absolute Gasteiger partial charge is 0.305 e. The lowest BCUT2D eigenvalue weighted by Gasteiger charge is -2.37. The molecule has 3 heterocycles. The Morgan fingerprint density at radius 2 is 1.16 bits per heavy atom. The molecule has 3 aliphatic heterocycles. The second kappa shape index (κ2) is 15.5. The molecule has 37 heavy (non-hydrogen) atoms. The molecule has 0 aliphatic carbocycles. The Balaban J connectivity index is 1.51. The van der Waals surface area contributed by atoms with Gasteiger partial charge < -0.3 is 9.80 Å². The first kappa shape index (κ1) is 31.3. The Labute approximate surface area is 231 Å². The van der Waals surface area contributed by atoms with Gasteiger partial charge in [0.15, 0.2) is 0 Å². The normalized spacial score (nSPS) is 30.1. The molecule has 0 aromatic heterocycles. The summed E-state index contributed by atoms with van der Waals surface area (Å²) >= 11 is 0. The molecule has 6 nitrogen and oxygen atoms in total. The van der Waals surface area contributed by atoms with Gasteiger partial charge in [-0.25, -0.2) is 0 Å². The summed E-state index contributed by atoms with van der Waals surface area (Å²) in [7, 11) is 4.60.